The van der Waals surface area contributed by atoms with E-state index in [0.29, 0.717) is 0 Å². The van der Waals surface area contributed by atoms with Crippen LogP contribution in [0.15, 0.2) is 35.2 Å². The Bertz CT molecular complexity index is 488. The van der Waals surface area contributed by atoms with Gasteiger partial charge in [-0.15, -0.1) is 0 Å². The van der Waals surface area contributed by atoms with Crippen molar-refractivity contribution in [1.82, 2.24) is 0 Å². The first-order chi connectivity index (χ1) is 7.31. The van der Waals surface area contributed by atoms with Crippen molar-refractivity contribution in [3.8, 4) is 0 Å². The van der Waals surface area contributed by atoms with Gasteiger partial charge < -0.3 is 4.74 Å². The van der Waals surface area contributed by atoms with Gasteiger partial charge in [0.2, 0.25) is 9.84 Å². The molecule has 0 aromatic heterocycles. The Labute approximate surface area is 89.8 Å². The van der Waals surface area contributed by atoms with Gasteiger partial charge in [-0.2, -0.15) is 13.2 Å². The van der Waals surface area contributed by atoms with Crippen molar-refractivity contribution in [2.75, 3.05) is 6.61 Å². The van der Waals surface area contributed by atoms with E-state index in [-0.39, 0.29) is 4.90 Å². The normalized spacial score (nSPS) is 25.4. The van der Waals surface area contributed by atoms with Crippen LogP contribution in [0.5, 0.6) is 0 Å². The highest BCUT2D eigenvalue weighted by Crippen LogP contribution is 2.50. The first-order valence-electron chi connectivity index (χ1n) is 4.32. The molecule has 1 aromatic carbocycles. The van der Waals surface area contributed by atoms with Crippen molar-refractivity contribution in [1.29, 1.82) is 0 Å². The van der Waals surface area contributed by atoms with Crippen molar-refractivity contribution in [2.24, 2.45) is 0 Å². The summed E-state index contributed by atoms with van der Waals surface area (Å²) >= 11 is 0. The van der Waals surface area contributed by atoms with Crippen molar-refractivity contribution >= 4 is 9.84 Å². The van der Waals surface area contributed by atoms with Crippen LogP contribution in [-0.2, 0) is 14.6 Å². The smallest absolute Gasteiger partial charge is 0.345 e. The molecule has 0 saturated carbocycles. The lowest BCUT2D eigenvalue weighted by Crippen LogP contribution is -2.40. The summed E-state index contributed by atoms with van der Waals surface area (Å²) < 4.78 is 65.3. The molecule has 16 heavy (non-hydrogen) atoms. The standard InChI is InChI=1S/C9H7F3O3S/c10-9(11,12)8(6-15-8)16(13,14)7-4-2-1-3-5-7/h1-5H,6H2. The lowest BCUT2D eigenvalue weighted by atomic mass is 10.4. The van der Waals surface area contributed by atoms with Gasteiger partial charge in [-0.1, -0.05) is 18.2 Å². The van der Waals surface area contributed by atoms with Gasteiger partial charge in [0, 0.05) is 0 Å². The first-order valence-corrected chi connectivity index (χ1v) is 5.80. The van der Waals surface area contributed by atoms with Crippen LogP contribution in [0, 0.1) is 0 Å². The van der Waals surface area contributed by atoms with Gasteiger partial charge in [-0.3, -0.25) is 0 Å². The van der Waals surface area contributed by atoms with Crippen LogP contribution in [-0.4, -0.2) is 26.1 Å². The second-order valence-electron chi connectivity index (χ2n) is 3.36. The molecule has 1 heterocycles. The van der Waals surface area contributed by atoms with Gasteiger partial charge in [-0.25, -0.2) is 8.42 Å². The minimum absolute atomic E-state index is 0.384. The molecule has 1 aliphatic rings. The summed E-state index contributed by atoms with van der Waals surface area (Å²) in [5, 5.41) is 0. The van der Waals surface area contributed by atoms with Crippen LogP contribution < -0.4 is 0 Å². The summed E-state index contributed by atoms with van der Waals surface area (Å²) in [7, 11) is -4.53. The Morgan fingerprint density at radius 2 is 1.69 bits per heavy atom. The Morgan fingerprint density at radius 1 is 1.19 bits per heavy atom. The number of rotatable bonds is 2. The van der Waals surface area contributed by atoms with E-state index in [1.165, 1.54) is 18.2 Å². The van der Waals surface area contributed by atoms with Gasteiger partial charge in [0.15, 0.2) is 0 Å². The summed E-state index contributed by atoms with van der Waals surface area (Å²) in [6.07, 6.45) is -4.92. The van der Waals surface area contributed by atoms with Crippen LogP contribution in [0.3, 0.4) is 0 Å². The number of benzene rings is 1. The van der Waals surface area contributed by atoms with E-state index in [1.54, 1.807) is 0 Å². The molecule has 1 atom stereocenters. The van der Waals surface area contributed by atoms with Gasteiger partial charge in [-0.05, 0) is 12.1 Å². The fourth-order valence-corrected chi connectivity index (χ4v) is 2.90. The molecular formula is C9H7F3O3S. The maximum Gasteiger partial charge on any atom is 0.434 e. The van der Waals surface area contributed by atoms with E-state index >= 15 is 0 Å². The van der Waals surface area contributed by atoms with E-state index in [9.17, 15) is 21.6 Å². The topological polar surface area (TPSA) is 46.7 Å². The molecule has 1 fully saturated rings. The molecule has 88 valence electrons. The Kier molecular flexibility index (Phi) is 2.29. The van der Waals surface area contributed by atoms with E-state index in [1.807, 2.05) is 0 Å². The Morgan fingerprint density at radius 3 is 2.06 bits per heavy atom. The van der Waals surface area contributed by atoms with Crippen molar-refractivity contribution in [3.63, 3.8) is 0 Å². The maximum atomic E-state index is 12.6. The number of alkyl halides is 3. The Hall–Kier alpha value is -1.08. The predicted molar refractivity (Wildman–Crippen MR) is 48.4 cm³/mol. The highest BCUT2D eigenvalue weighted by Gasteiger charge is 2.75. The van der Waals surface area contributed by atoms with Gasteiger partial charge >= 0.3 is 6.18 Å². The minimum Gasteiger partial charge on any atom is -0.345 e. The van der Waals surface area contributed by atoms with Crippen LogP contribution in [0.4, 0.5) is 13.2 Å². The number of hydrogen-bond acceptors (Lipinski definition) is 3. The minimum atomic E-state index is -4.92. The van der Waals surface area contributed by atoms with Crippen molar-refractivity contribution in [2.45, 2.75) is 16.0 Å². The van der Waals surface area contributed by atoms with E-state index in [2.05, 4.69) is 4.74 Å². The lowest BCUT2D eigenvalue weighted by Gasteiger charge is -2.16. The largest absolute Gasteiger partial charge is 0.434 e. The number of ether oxygens (including phenoxy) is 1. The molecule has 1 aliphatic heterocycles. The van der Waals surface area contributed by atoms with Gasteiger partial charge in [0.1, 0.15) is 6.61 Å². The maximum absolute atomic E-state index is 12.6. The van der Waals surface area contributed by atoms with E-state index in [0.717, 1.165) is 12.1 Å². The summed E-state index contributed by atoms with van der Waals surface area (Å²) in [6.45, 7) is -0.840. The summed E-state index contributed by atoms with van der Waals surface area (Å²) in [5.74, 6) is 0. The third kappa shape index (κ3) is 1.42. The molecule has 0 spiro atoms. The summed E-state index contributed by atoms with van der Waals surface area (Å²) in [5.41, 5.74) is 0. The number of hydrogen-bond donors (Lipinski definition) is 0. The molecule has 0 N–H and O–H groups in total. The quantitative estimate of drug-likeness (QED) is 0.753. The third-order valence-corrected chi connectivity index (χ3v) is 4.55. The molecule has 0 bridgehead atoms. The molecule has 0 amide bonds. The summed E-state index contributed by atoms with van der Waals surface area (Å²) in [4.78, 5) is -3.42. The second kappa shape index (κ2) is 3.21. The molecule has 1 unspecified atom stereocenters. The highest BCUT2D eigenvalue weighted by molar-refractivity contribution is 7.93. The zero-order valence-electron chi connectivity index (χ0n) is 7.86. The van der Waals surface area contributed by atoms with Crippen LogP contribution in [0.25, 0.3) is 0 Å². The number of epoxide rings is 1. The molecular weight excluding hydrogens is 245 g/mol. The molecule has 1 saturated heterocycles. The highest BCUT2D eigenvalue weighted by atomic mass is 32.2. The zero-order valence-corrected chi connectivity index (χ0v) is 8.68. The van der Waals surface area contributed by atoms with Crippen molar-refractivity contribution in [3.05, 3.63) is 30.3 Å². The fourth-order valence-electron chi connectivity index (χ4n) is 1.33. The second-order valence-corrected chi connectivity index (χ2v) is 5.49. The van der Waals surface area contributed by atoms with Gasteiger partial charge in [0.05, 0.1) is 4.90 Å². The van der Waals surface area contributed by atoms with Gasteiger partial charge in [0.25, 0.3) is 4.93 Å². The average molecular weight is 252 g/mol. The number of halogens is 3. The van der Waals surface area contributed by atoms with Crippen LogP contribution in [0.1, 0.15) is 0 Å². The van der Waals surface area contributed by atoms with Crippen LogP contribution in [0.2, 0.25) is 0 Å². The molecule has 1 aromatic rings. The third-order valence-electron chi connectivity index (χ3n) is 2.33. The molecule has 7 heteroatoms. The van der Waals surface area contributed by atoms with Crippen LogP contribution >= 0.6 is 0 Å². The zero-order chi connectivity index (χ0) is 12.0. The molecule has 0 aliphatic carbocycles. The average Bonchev–Trinajstić information content (AvgIpc) is 2.98. The molecule has 3 nitrogen and oxygen atoms in total. The fraction of sp³-hybridized carbons (Fsp3) is 0.333. The predicted octanol–water partition coefficient (Wildman–Crippen LogP) is 1.75. The lowest BCUT2D eigenvalue weighted by molar-refractivity contribution is -0.158. The van der Waals surface area contributed by atoms with Crippen molar-refractivity contribution < 1.29 is 26.3 Å². The Balaban J connectivity index is 2.50. The first kappa shape index (κ1) is 11.4. The molecule has 2 rings (SSSR count). The monoisotopic (exact) mass is 252 g/mol. The SMILES string of the molecule is O=S(=O)(c1ccccc1)C1(C(F)(F)F)CO1. The summed E-state index contributed by atoms with van der Waals surface area (Å²) in [6, 6.07) is 6.47. The van der Waals surface area contributed by atoms with E-state index < -0.39 is 27.6 Å². The van der Waals surface area contributed by atoms with E-state index in [4.69, 9.17) is 0 Å². The molecule has 0 radical (unpaired) electrons. The number of sulfone groups is 1.